The normalized spacial score (nSPS) is 10.7. The molecule has 0 aliphatic heterocycles. The first-order valence-electron chi connectivity index (χ1n) is 10.2. The van der Waals surface area contributed by atoms with Gasteiger partial charge in [0.05, 0.1) is 37.5 Å². The maximum Gasteiger partial charge on any atom is 0.340 e. The van der Waals surface area contributed by atoms with Crippen molar-refractivity contribution in [3.05, 3.63) is 88.7 Å². The molecule has 0 aliphatic rings. The van der Waals surface area contributed by atoms with Gasteiger partial charge >= 0.3 is 5.97 Å². The van der Waals surface area contributed by atoms with Crippen LogP contribution in [0.5, 0.6) is 11.5 Å². The molecule has 0 radical (unpaired) electrons. The standard InChI is InChI=1S/C26H23NO5/c1-4-32-26(29)23-19-15-21(30-2)22(31-3)16-20(19)25(28)27(18-13-9-6-10-14-18)24(23)17-11-7-5-8-12-17/h5-16H,4H2,1-3H3. The molecule has 4 rings (SSSR count). The average molecular weight is 429 g/mol. The second-order valence-electron chi connectivity index (χ2n) is 7.04. The topological polar surface area (TPSA) is 66.8 Å². The minimum Gasteiger partial charge on any atom is -0.493 e. The summed E-state index contributed by atoms with van der Waals surface area (Å²) in [4.78, 5) is 27.1. The van der Waals surface area contributed by atoms with Gasteiger partial charge in [-0.3, -0.25) is 9.36 Å². The lowest BCUT2D eigenvalue weighted by Crippen LogP contribution is -2.24. The third kappa shape index (κ3) is 3.60. The van der Waals surface area contributed by atoms with Gasteiger partial charge in [-0.1, -0.05) is 48.5 Å². The minimum atomic E-state index is -0.520. The summed E-state index contributed by atoms with van der Waals surface area (Å²) >= 11 is 0. The molecule has 0 spiro atoms. The predicted molar refractivity (Wildman–Crippen MR) is 124 cm³/mol. The fourth-order valence-corrected chi connectivity index (χ4v) is 3.83. The van der Waals surface area contributed by atoms with E-state index in [1.54, 1.807) is 23.6 Å². The molecule has 6 heteroatoms. The van der Waals surface area contributed by atoms with Crippen LogP contribution in [-0.2, 0) is 4.74 Å². The highest BCUT2D eigenvalue weighted by Gasteiger charge is 2.26. The van der Waals surface area contributed by atoms with Crippen molar-refractivity contribution in [1.82, 2.24) is 4.57 Å². The van der Waals surface area contributed by atoms with E-state index in [1.807, 2.05) is 60.7 Å². The van der Waals surface area contributed by atoms with Gasteiger partial charge in [-0.2, -0.15) is 0 Å². The van der Waals surface area contributed by atoms with Crippen LogP contribution in [0.15, 0.2) is 77.6 Å². The maximum atomic E-state index is 13.8. The second-order valence-corrected chi connectivity index (χ2v) is 7.04. The first-order chi connectivity index (χ1) is 15.6. The van der Waals surface area contributed by atoms with E-state index in [4.69, 9.17) is 14.2 Å². The Bertz CT molecular complexity index is 1330. The molecule has 0 saturated carbocycles. The van der Waals surface area contributed by atoms with Gasteiger partial charge in [0.25, 0.3) is 5.56 Å². The number of ether oxygens (including phenoxy) is 3. The van der Waals surface area contributed by atoms with Crippen molar-refractivity contribution in [1.29, 1.82) is 0 Å². The molecular weight excluding hydrogens is 406 g/mol. The summed E-state index contributed by atoms with van der Waals surface area (Å²) in [6.07, 6.45) is 0. The largest absolute Gasteiger partial charge is 0.493 e. The van der Waals surface area contributed by atoms with Gasteiger partial charge in [-0.25, -0.2) is 4.79 Å². The Morgan fingerprint density at radius 1 is 0.844 bits per heavy atom. The monoisotopic (exact) mass is 429 g/mol. The molecule has 0 atom stereocenters. The van der Waals surface area contributed by atoms with Gasteiger partial charge in [0.15, 0.2) is 11.5 Å². The van der Waals surface area contributed by atoms with Crippen LogP contribution in [0.4, 0.5) is 0 Å². The number of aromatic nitrogens is 1. The zero-order chi connectivity index (χ0) is 22.7. The van der Waals surface area contributed by atoms with E-state index < -0.39 is 5.97 Å². The quantitative estimate of drug-likeness (QED) is 0.410. The summed E-state index contributed by atoms with van der Waals surface area (Å²) in [6, 6.07) is 21.8. The summed E-state index contributed by atoms with van der Waals surface area (Å²) in [7, 11) is 3.01. The number of pyridine rings is 1. The number of para-hydroxylation sites is 1. The van der Waals surface area contributed by atoms with Gasteiger partial charge in [0.1, 0.15) is 0 Å². The summed E-state index contributed by atoms with van der Waals surface area (Å²) in [5, 5.41) is 0.770. The highest BCUT2D eigenvalue weighted by molar-refractivity contribution is 6.10. The van der Waals surface area contributed by atoms with E-state index in [9.17, 15) is 9.59 Å². The molecule has 0 fully saturated rings. The van der Waals surface area contributed by atoms with Crippen molar-refractivity contribution in [2.45, 2.75) is 6.92 Å². The Balaban J connectivity index is 2.26. The number of nitrogens with zero attached hydrogens (tertiary/aromatic N) is 1. The number of esters is 1. The molecule has 0 bridgehead atoms. The molecule has 6 nitrogen and oxygen atoms in total. The molecular formula is C26H23NO5. The van der Waals surface area contributed by atoms with E-state index >= 15 is 0 Å². The van der Waals surface area contributed by atoms with Crippen LogP contribution >= 0.6 is 0 Å². The molecule has 0 saturated heterocycles. The van der Waals surface area contributed by atoms with Gasteiger partial charge in [-0.05, 0) is 36.8 Å². The number of carbonyl (C=O) groups is 1. The Labute approximate surface area is 185 Å². The zero-order valence-corrected chi connectivity index (χ0v) is 18.1. The first-order valence-corrected chi connectivity index (χ1v) is 10.2. The average Bonchev–Trinajstić information content (AvgIpc) is 2.84. The van der Waals surface area contributed by atoms with E-state index in [2.05, 4.69) is 0 Å². The molecule has 32 heavy (non-hydrogen) atoms. The summed E-state index contributed by atoms with van der Waals surface area (Å²) in [6.45, 7) is 1.95. The lowest BCUT2D eigenvalue weighted by atomic mass is 9.97. The number of benzene rings is 3. The van der Waals surface area contributed by atoms with Crippen molar-refractivity contribution in [3.8, 4) is 28.4 Å². The number of rotatable bonds is 6. The smallest absolute Gasteiger partial charge is 0.340 e. The van der Waals surface area contributed by atoms with Crippen molar-refractivity contribution >= 4 is 16.7 Å². The lowest BCUT2D eigenvalue weighted by molar-refractivity contribution is 0.0529. The second kappa shape index (κ2) is 8.98. The summed E-state index contributed by atoms with van der Waals surface area (Å²) < 4.78 is 17.9. The van der Waals surface area contributed by atoms with E-state index in [0.29, 0.717) is 39.2 Å². The van der Waals surface area contributed by atoms with Gasteiger partial charge in [0, 0.05) is 11.1 Å². The van der Waals surface area contributed by atoms with E-state index in [1.165, 1.54) is 14.2 Å². The Morgan fingerprint density at radius 2 is 1.41 bits per heavy atom. The van der Waals surface area contributed by atoms with Gasteiger partial charge in [0.2, 0.25) is 0 Å². The molecule has 1 aromatic heterocycles. The summed E-state index contributed by atoms with van der Waals surface area (Å²) in [5.74, 6) is 0.300. The molecule has 0 amide bonds. The third-order valence-electron chi connectivity index (χ3n) is 5.23. The van der Waals surface area contributed by atoms with Crippen LogP contribution in [0.25, 0.3) is 27.7 Å². The first kappa shape index (κ1) is 21.2. The maximum absolute atomic E-state index is 13.8. The van der Waals surface area contributed by atoms with Crippen molar-refractivity contribution < 1.29 is 19.0 Å². The number of hydrogen-bond donors (Lipinski definition) is 0. The predicted octanol–water partition coefficient (Wildman–Crippen LogP) is 4.85. The van der Waals surface area contributed by atoms with Crippen molar-refractivity contribution in [2.24, 2.45) is 0 Å². The summed E-state index contributed by atoms with van der Waals surface area (Å²) in [5.41, 5.74) is 1.82. The van der Waals surface area contributed by atoms with Crippen LogP contribution in [0, 0.1) is 0 Å². The molecule has 4 aromatic rings. The Morgan fingerprint density at radius 3 is 1.97 bits per heavy atom. The van der Waals surface area contributed by atoms with Crippen molar-refractivity contribution in [2.75, 3.05) is 20.8 Å². The fraction of sp³-hybridized carbons (Fsp3) is 0.154. The highest BCUT2D eigenvalue weighted by atomic mass is 16.5. The van der Waals surface area contributed by atoms with Gasteiger partial charge in [-0.15, -0.1) is 0 Å². The molecule has 0 N–H and O–H groups in total. The Hall–Kier alpha value is -4.06. The third-order valence-corrected chi connectivity index (χ3v) is 5.23. The molecule has 3 aromatic carbocycles. The zero-order valence-electron chi connectivity index (χ0n) is 18.1. The lowest BCUT2D eigenvalue weighted by Gasteiger charge is -2.20. The SMILES string of the molecule is CCOC(=O)c1c(-c2ccccc2)n(-c2ccccc2)c(=O)c2cc(OC)c(OC)cc12. The van der Waals surface area contributed by atoms with Crippen LogP contribution in [0.1, 0.15) is 17.3 Å². The Kier molecular flexibility index (Phi) is 5.94. The van der Waals surface area contributed by atoms with Crippen LogP contribution in [0.3, 0.4) is 0 Å². The van der Waals surface area contributed by atoms with Crippen LogP contribution in [-0.4, -0.2) is 31.4 Å². The number of hydrogen-bond acceptors (Lipinski definition) is 5. The fourth-order valence-electron chi connectivity index (χ4n) is 3.83. The van der Waals surface area contributed by atoms with Crippen molar-refractivity contribution in [3.63, 3.8) is 0 Å². The highest BCUT2D eigenvalue weighted by Crippen LogP contribution is 2.37. The van der Waals surface area contributed by atoms with E-state index in [0.717, 1.165) is 0 Å². The van der Waals surface area contributed by atoms with Crippen LogP contribution in [0.2, 0.25) is 0 Å². The number of fused-ring (bicyclic) bond motifs is 1. The van der Waals surface area contributed by atoms with Crippen LogP contribution < -0.4 is 15.0 Å². The van der Waals surface area contributed by atoms with Gasteiger partial charge < -0.3 is 14.2 Å². The van der Waals surface area contributed by atoms with E-state index in [-0.39, 0.29) is 17.7 Å². The number of methoxy groups -OCH3 is 2. The molecule has 162 valence electrons. The molecule has 1 heterocycles. The molecule has 0 unspecified atom stereocenters. The molecule has 0 aliphatic carbocycles. The minimum absolute atomic E-state index is 0.201. The number of carbonyl (C=O) groups excluding carboxylic acids is 1.